The number of carbonyl (C=O) groups is 1. The summed E-state index contributed by atoms with van der Waals surface area (Å²) >= 11 is 0. The molecule has 0 bridgehead atoms. The van der Waals surface area contributed by atoms with Crippen LogP contribution in [-0.2, 0) is 11.2 Å². The van der Waals surface area contributed by atoms with E-state index in [1.807, 2.05) is 49.4 Å². The van der Waals surface area contributed by atoms with Gasteiger partial charge in [0.1, 0.15) is 0 Å². The van der Waals surface area contributed by atoms with Crippen molar-refractivity contribution in [3.05, 3.63) is 48.0 Å². The summed E-state index contributed by atoms with van der Waals surface area (Å²) in [5, 5.41) is 0. The van der Waals surface area contributed by atoms with Crippen LogP contribution in [0.2, 0.25) is 0 Å². The molecular formula is C13H17NO. The second kappa shape index (κ2) is 6.02. The molecule has 1 amide bonds. The number of carbonyl (C=O) groups excluding carboxylic acids is 1. The molecule has 1 aromatic rings. The number of rotatable bonds is 5. The van der Waals surface area contributed by atoms with Gasteiger partial charge < -0.3 is 5.73 Å². The topological polar surface area (TPSA) is 43.1 Å². The van der Waals surface area contributed by atoms with Crippen molar-refractivity contribution < 1.29 is 4.79 Å². The third kappa shape index (κ3) is 3.98. The first-order chi connectivity index (χ1) is 7.24. The molecule has 2 N–H and O–H groups in total. The van der Waals surface area contributed by atoms with E-state index in [4.69, 9.17) is 5.73 Å². The molecule has 1 atom stereocenters. The van der Waals surface area contributed by atoms with Crippen LogP contribution in [0.4, 0.5) is 0 Å². The zero-order valence-electron chi connectivity index (χ0n) is 9.02. The van der Waals surface area contributed by atoms with Gasteiger partial charge in [-0.3, -0.25) is 4.79 Å². The van der Waals surface area contributed by atoms with Gasteiger partial charge in [-0.25, -0.2) is 0 Å². The van der Waals surface area contributed by atoms with E-state index in [-0.39, 0.29) is 11.8 Å². The molecule has 0 fully saturated rings. The number of hydrogen-bond acceptors (Lipinski definition) is 1. The van der Waals surface area contributed by atoms with Crippen molar-refractivity contribution in [2.24, 2.45) is 11.7 Å². The smallest absolute Gasteiger partial charge is 0.221 e. The van der Waals surface area contributed by atoms with Crippen molar-refractivity contribution >= 4 is 5.91 Å². The van der Waals surface area contributed by atoms with Gasteiger partial charge in [-0.1, -0.05) is 42.5 Å². The molecule has 1 unspecified atom stereocenters. The largest absolute Gasteiger partial charge is 0.369 e. The van der Waals surface area contributed by atoms with E-state index in [9.17, 15) is 4.79 Å². The zero-order chi connectivity index (χ0) is 11.1. The van der Waals surface area contributed by atoms with E-state index in [0.717, 1.165) is 18.4 Å². The third-order valence-electron chi connectivity index (χ3n) is 2.38. The Morgan fingerprint density at radius 3 is 2.60 bits per heavy atom. The predicted molar refractivity (Wildman–Crippen MR) is 62.3 cm³/mol. The van der Waals surface area contributed by atoms with Crippen LogP contribution in [-0.4, -0.2) is 5.91 Å². The molecule has 0 aromatic heterocycles. The summed E-state index contributed by atoms with van der Waals surface area (Å²) in [7, 11) is 0. The molecule has 1 rings (SSSR count). The molecule has 80 valence electrons. The molecule has 1 aromatic carbocycles. The maximum Gasteiger partial charge on any atom is 0.221 e. The van der Waals surface area contributed by atoms with Crippen LogP contribution in [0.25, 0.3) is 0 Å². The van der Waals surface area contributed by atoms with Crippen molar-refractivity contribution in [1.82, 2.24) is 0 Å². The average Bonchev–Trinajstić information content (AvgIpc) is 2.25. The first-order valence-electron chi connectivity index (χ1n) is 5.18. The predicted octanol–water partition coefficient (Wildman–Crippen LogP) is 2.30. The van der Waals surface area contributed by atoms with Crippen molar-refractivity contribution in [2.75, 3.05) is 0 Å². The first kappa shape index (κ1) is 11.5. The second-order valence-electron chi connectivity index (χ2n) is 3.59. The first-order valence-corrected chi connectivity index (χ1v) is 5.18. The van der Waals surface area contributed by atoms with Crippen LogP contribution in [0.3, 0.4) is 0 Å². The Hall–Kier alpha value is -1.57. The van der Waals surface area contributed by atoms with E-state index in [0.29, 0.717) is 0 Å². The standard InChI is InChI=1S/C13H17NO/c1-2-3-9-12(13(14)15)10-11-7-5-4-6-8-11/h2-8,12H,9-10H2,1H3,(H2,14,15)/b3-2+. The van der Waals surface area contributed by atoms with Crippen molar-refractivity contribution in [3.8, 4) is 0 Å². The van der Waals surface area contributed by atoms with E-state index in [1.54, 1.807) is 0 Å². The lowest BCUT2D eigenvalue weighted by Gasteiger charge is -2.10. The molecule has 0 saturated heterocycles. The minimum Gasteiger partial charge on any atom is -0.369 e. The van der Waals surface area contributed by atoms with Crippen molar-refractivity contribution in [3.63, 3.8) is 0 Å². The minimum atomic E-state index is -0.225. The molecule has 2 nitrogen and oxygen atoms in total. The number of allylic oxidation sites excluding steroid dienone is 2. The maximum atomic E-state index is 11.2. The van der Waals surface area contributed by atoms with Gasteiger partial charge in [-0.05, 0) is 25.3 Å². The average molecular weight is 203 g/mol. The third-order valence-corrected chi connectivity index (χ3v) is 2.38. The van der Waals surface area contributed by atoms with Gasteiger partial charge in [0.05, 0.1) is 0 Å². The van der Waals surface area contributed by atoms with Gasteiger partial charge in [0.15, 0.2) is 0 Å². The van der Waals surface area contributed by atoms with Gasteiger partial charge in [0.2, 0.25) is 5.91 Å². The Kier molecular flexibility index (Phi) is 4.61. The number of hydrogen-bond donors (Lipinski definition) is 1. The lowest BCUT2D eigenvalue weighted by atomic mass is 9.95. The van der Waals surface area contributed by atoms with Crippen LogP contribution in [0.15, 0.2) is 42.5 Å². The molecule has 0 heterocycles. The number of primary amides is 1. The van der Waals surface area contributed by atoms with E-state index in [2.05, 4.69) is 0 Å². The molecule has 15 heavy (non-hydrogen) atoms. The fraction of sp³-hybridized carbons (Fsp3) is 0.308. The highest BCUT2D eigenvalue weighted by Crippen LogP contribution is 2.12. The fourth-order valence-electron chi connectivity index (χ4n) is 1.50. The van der Waals surface area contributed by atoms with E-state index < -0.39 is 0 Å². The summed E-state index contributed by atoms with van der Waals surface area (Å²) < 4.78 is 0. The van der Waals surface area contributed by atoms with Crippen LogP contribution in [0.5, 0.6) is 0 Å². The van der Waals surface area contributed by atoms with E-state index in [1.165, 1.54) is 0 Å². The quantitative estimate of drug-likeness (QED) is 0.733. The fourth-order valence-corrected chi connectivity index (χ4v) is 1.50. The van der Waals surface area contributed by atoms with Gasteiger partial charge in [-0.2, -0.15) is 0 Å². The number of amides is 1. The molecule has 2 heteroatoms. The Balaban J connectivity index is 2.63. The van der Waals surface area contributed by atoms with Gasteiger partial charge in [-0.15, -0.1) is 0 Å². The molecule has 0 radical (unpaired) electrons. The van der Waals surface area contributed by atoms with Gasteiger partial charge in [0, 0.05) is 5.92 Å². The molecule has 0 aliphatic carbocycles. The lowest BCUT2D eigenvalue weighted by molar-refractivity contribution is -0.121. The summed E-state index contributed by atoms with van der Waals surface area (Å²) in [4.78, 5) is 11.2. The van der Waals surface area contributed by atoms with Crippen LogP contribution < -0.4 is 5.73 Å². The maximum absolute atomic E-state index is 11.2. The summed E-state index contributed by atoms with van der Waals surface area (Å²) in [6.07, 6.45) is 5.38. The summed E-state index contributed by atoms with van der Waals surface area (Å²) in [6, 6.07) is 9.96. The molecule has 0 spiro atoms. The minimum absolute atomic E-state index is 0.0939. The highest BCUT2D eigenvalue weighted by molar-refractivity contribution is 5.77. The summed E-state index contributed by atoms with van der Waals surface area (Å²) in [6.45, 7) is 1.95. The highest BCUT2D eigenvalue weighted by atomic mass is 16.1. The normalized spacial score (nSPS) is 12.9. The Labute approximate surface area is 90.8 Å². The molecule has 0 aliphatic heterocycles. The van der Waals surface area contributed by atoms with Crippen LogP contribution >= 0.6 is 0 Å². The molecule has 0 aliphatic rings. The Morgan fingerprint density at radius 2 is 2.07 bits per heavy atom. The molecule has 0 saturated carbocycles. The highest BCUT2D eigenvalue weighted by Gasteiger charge is 2.13. The van der Waals surface area contributed by atoms with E-state index >= 15 is 0 Å². The number of nitrogens with two attached hydrogens (primary N) is 1. The summed E-state index contributed by atoms with van der Waals surface area (Å²) in [5.74, 6) is -0.319. The SMILES string of the molecule is C/C=C/CC(Cc1ccccc1)C(N)=O. The van der Waals surface area contributed by atoms with Gasteiger partial charge in [0.25, 0.3) is 0 Å². The zero-order valence-corrected chi connectivity index (χ0v) is 9.02. The van der Waals surface area contributed by atoms with Gasteiger partial charge >= 0.3 is 0 Å². The van der Waals surface area contributed by atoms with Crippen LogP contribution in [0, 0.1) is 5.92 Å². The lowest BCUT2D eigenvalue weighted by Crippen LogP contribution is -2.24. The monoisotopic (exact) mass is 203 g/mol. The van der Waals surface area contributed by atoms with Crippen molar-refractivity contribution in [2.45, 2.75) is 19.8 Å². The molecular weight excluding hydrogens is 186 g/mol. The summed E-state index contributed by atoms with van der Waals surface area (Å²) in [5.41, 5.74) is 6.51. The Morgan fingerprint density at radius 1 is 1.40 bits per heavy atom. The van der Waals surface area contributed by atoms with Crippen LogP contribution in [0.1, 0.15) is 18.9 Å². The van der Waals surface area contributed by atoms with Crippen molar-refractivity contribution in [1.29, 1.82) is 0 Å². The number of benzene rings is 1. The Bertz CT molecular complexity index is 330. The second-order valence-corrected chi connectivity index (χ2v) is 3.59.